The molecule has 1 aliphatic heterocycles. The molecule has 3 atom stereocenters. The summed E-state index contributed by atoms with van der Waals surface area (Å²) in [6, 6.07) is 0.294. The van der Waals surface area contributed by atoms with Crippen molar-refractivity contribution in [2.24, 2.45) is 0 Å². The summed E-state index contributed by atoms with van der Waals surface area (Å²) >= 11 is 0. The summed E-state index contributed by atoms with van der Waals surface area (Å²) in [4.78, 5) is 0. The molecule has 0 aromatic heterocycles. The Labute approximate surface area is 80.8 Å². The molecule has 78 valence electrons. The molecule has 3 heteroatoms. The molecule has 1 rings (SSSR count). The summed E-state index contributed by atoms with van der Waals surface area (Å²) < 4.78 is 11.6. The monoisotopic (exact) mass is 187 g/mol. The predicted molar refractivity (Wildman–Crippen MR) is 52.7 cm³/mol. The van der Waals surface area contributed by atoms with Gasteiger partial charge in [0.15, 0.2) is 5.79 Å². The molecule has 0 aliphatic carbocycles. The largest absolute Gasteiger partial charge is 0.346 e. The Kier molecular flexibility index (Phi) is 3.71. The molecule has 0 bridgehead atoms. The quantitative estimate of drug-likeness (QED) is 0.724. The molecule has 0 radical (unpaired) electrons. The van der Waals surface area contributed by atoms with Gasteiger partial charge in [-0.25, -0.2) is 0 Å². The molecule has 0 spiro atoms. The highest BCUT2D eigenvalue weighted by atomic mass is 16.7. The van der Waals surface area contributed by atoms with E-state index in [-0.39, 0.29) is 11.9 Å². The minimum atomic E-state index is -0.386. The fourth-order valence-corrected chi connectivity index (χ4v) is 2.02. The van der Waals surface area contributed by atoms with Crippen molar-refractivity contribution in [1.29, 1.82) is 0 Å². The number of hydrogen-bond acceptors (Lipinski definition) is 3. The third kappa shape index (κ3) is 2.03. The molecular weight excluding hydrogens is 166 g/mol. The van der Waals surface area contributed by atoms with Gasteiger partial charge < -0.3 is 14.8 Å². The molecule has 1 fully saturated rings. The van der Waals surface area contributed by atoms with Gasteiger partial charge >= 0.3 is 0 Å². The topological polar surface area (TPSA) is 30.5 Å². The van der Waals surface area contributed by atoms with Crippen molar-refractivity contribution in [1.82, 2.24) is 5.32 Å². The third-order valence-electron chi connectivity index (χ3n) is 2.74. The Hall–Kier alpha value is -0.120. The lowest BCUT2D eigenvalue weighted by molar-refractivity contribution is -0.189. The van der Waals surface area contributed by atoms with Gasteiger partial charge in [0, 0.05) is 6.42 Å². The second-order valence-corrected chi connectivity index (χ2v) is 3.65. The van der Waals surface area contributed by atoms with Gasteiger partial charge in [0.05, 0.1) is 18.8 Å². The van der Waals surface area contributed by atoms with Crippen molar-refractivity contribution in [2.45, 2.75) is 51.5 Å². The van der Waals surface area contributed by atoms with Crippen LogP contribution in [-0.4, -0.2) is 31.6 Å². The summed E-state index contributed by atoms with van der Waals surface area (Å²) in [6.45, 7) is 7.03. The molecule has 13 heavy (non-hydrogen) atoms. The van der Waals surface area contributed by atoms with Gasteiger partial charge in [-0.3, -0.25) is 0 Å². The fourth-order valence-electron chi connectivity index (χ4n) is 2.02. The molecule has 0 saturated carbocycles. The van der Waals surface area contributed by atoms with Crippen LogP contribution < -0.4 is 5.32 Å². The van der Waals surface area contributed by atoms with Crippen LogP contribution in [0, 0.1) is 0 Å². The predicted octanol–water partition coefficient (Wildman–Crippen LogP) is 1.53. The van der Waals surface area contributed by atoms with Gasteiger partial charge in [-0.15, -0.1) is 0 Å². The number of likely N-dealkylation sites (N-methyl/N-ethyl adjacent to an activating group) is 1. The van der Waals surface area contributed by atoms with E-state index in [1.54, 1.807) is 0 Å². The van der Waals surface area contributed by atoms with Gasteiger partial charge in [-0.1, -0.05) is 13.8 Å². The molecule has 3 nitrogen and oxygen atoms in total. The molecule has 0 aromatic carbocycles. The average molecular weight is 187 g/mol. The van der Waals surface area contributed by atoms with Crippen LogP contribution in [-0.2, 0) is 9.47 Å². The molecular formula is C10H21NO2. The van der Waals surface area contributed by atoms with Crippen LogP contribution in [0.4, 0.5) is 0 Å². The Morgan fingerprint density at radius 2 is 2.23 bits per heavy atom. The zero-order valence-corrected chi connectivity index (χ0v) is 9.09. The van der Waals surface area contributed by atoms with Crippen molar-refractivity contribution < 1.29 is 9.47 Å². The van der Waals surface area contributed by atoms with Crippen LogP contribution in [0.15, 0.2) is 0 Å². The first-order chi connectivity index (χ1) is 6.18. The van der Waals surface area contributed by atoms with Crippen LogP contribution in [0.1, 0.15) is 33.6 Å². The Morgan fingerprint density at radius 1 is 1.54 bits per heavy atom. The number of hydrogen-bond donors (Lipinski definition) is 1. The lowest BCUT2D eigenvalue weighted by Gasteiger charge is -2.34. The Bertz CT molecular complexity index is 159. The van der Waals surface area contributed by atoms with Crippen LogP contribution in [0.3, 0.4) is 0 Å². The zero-order chi connectivity index (χ0) is 9.90. The normalized spacial score (nSPS) is 36.5. The van der Waals surface area contributed by atoms with Crippen molar-refractivity contribution in [2.75, 3.05) is 13.7 Å². The van der Waals surface area contributed by atoms with Gasteiger partial charge in [0.1, 0.15) is 0 Å². The maximum absolute atomic E-state index is 5.86. The van der Waals surface area contributed by atoms with Gasteiger partial charge in [0.2, 0.25) is 0 Å². The summed E-state index contributed by atoms with van der Waals surface area (Å²) in [6.07, 6.45) is 2.15. The van der Waals surface area contributed by atoms with Crippen molar-refractivity contribution in [3.8, 4) is 0 Å². The zero-order valence-electron chi connectivity index (χ0n) is 9.09. The van der Waals surface area contributed by atoms with Crippen LogP contribution in [0.2, 0.25) is 0 Å². The van der Waals surface area contributed by atoms with E-state index >= 15 is 0 Å². The Morgan fingerprint density at radius 3 is 2.54 bits per heavy atom. The molecule has 1 heterocycles. The average Bonchev–Trinajstić information content (AvgIpc) is 2.51. The number of ether oxygens (including phenoxy) is 2. The van der Waals surface area contributed by atoms with E-state index in [9.17, 15) is 0 Å². The van der Waals surface area contributed by atoms with E-state index in [2.05, 4.69) is 26.1 Å². The van der Waals surface area contributed by atoms with Crippen molar-refractivity contribution in [3.05, 3.63) is 0 Å². The van der Waals surface area contributed by atoms with E-state index in [1.165, 1.54) is 0 Å². The number of rotatable bonds is 4. The Balaban J connectivity index is 2.68. The first-order valence-electron chi connectivity index (χ1n) is 5.17. The standard InChI is InChI=1S/C10H21NO2/c1-5-9(11-4)10(6-2)12-7-8(3)13-10/h8-9,11H,5-7H2,1-4H3. The highest BCUT2D eigenvalue weighted by Gasteiger charge is 2.43. The number of nitrogens with one attached hydrogen (secondary N) is 1. The molecule has 1 saturated heterocycles. The summed E-state index contributed by atoms with van der Waals surface area (Å²) in [5.41, 5.74) is 0. The first kappa shape index (κ1) is 11.0. The van der Waals surface area contributed by atoms with Crippen LogP contribution >= 0.6 is 0 Å². The van der Waals surface area contributed by atoms with E-state index < -0.39 is 0 Å². The smallest absolute Gasteiger partial charge is 0.183 e. The lowest BCUT2D eigenvalue weighted by atomic mass is 10.0. The van der Waals surface area contributed by atoms with E-state index in [4.69, 9.17) is 9.47 Å². The minimum absolute atomic E-state index is 0.224. The van der Waals surface area contributed by atoms with Crippen LogP contribution in [0.5, 0.6) is 0 Å². The summed E-state index contributed by atoms with van der Waals surface area (Å²) in [5, 5.41) is 3.26. The van der Waals surface area contributed by atoms with E-state index in [1.807, 2.05) is 7.05 Å². The molecule has 0 amide bonds. The summed E-state index contributed by atoms with van der Waals surface area (Å²) in [7, 11) is 1.96. The minimum Gasteiger partial charge on any atom is -0.346 e. The van der Waals surface area contributed by atoms with Gasteiger partial charge in [-0.2, -0.15) is 0 Å². The third-order valence-corrected chi connectivity index (χ3v) is 2.74. The first-order valence-corrected chi connectivity index (χ1v) is 5.17. The maximum atomic E-state index is 5.86. The second kappa shape index (κ2) is 4.40. The SMILES string of the molecule is CCC(NC)C1(CC)OCC(C)O1. The molecule has 3 unspecified atom stereocenters. The van der Waals surface area contributed by atoms with Gasteiger partial charge in [-0.05, 0) is 20.4 Å². The highest BCUT2D eigenvalue weighted by molar-refractivity contribution is 4.87. The molecule has 1 N–H and O–H groups in total. The van der Waals surface area contributed by atoms with Crippen LogP contribution in [0.25, 0.3) is 0 Å². The van der Waals surface area contributed by atoms with E-state index in [0.29, 0.717) is 12.6 Å². The molecule has 1 aliphatic rings. The summed E-state index contributed by atoms with van der Waals surface area (Å²) in [5.74, 6) is -0.386. The second-order valence-electron chi connectivity index (χ2n) is 3.65. The fraction of sp³-hybridized carbons (Fsp3) is 1.00. The lowest BCUT2D eigenvalue weighted by Crippen LogP contribution is -2.50. The molecule has 0 aromatic rings. The van der Waals surface area contributed by atoms with E-state index in [0.717, 1.165) is 12.8 Å². The van der Waals surface area contributed by atoms with Crippen molar-refractivity contribution >= 4 is 0 Å². The maximum Gasteiger partial charge on any atom is 0.183 e. The highest BCUT2D eigenvalue weighted by Crippen LogP contribution is 2.31. The van der Waals surface area contributed by atoms with Crippen molar-refractivity contribution in [3.63, 3.8) is 0 Å². The van der Waals surface area contributed by atoms with Gasteiger partial charge in [0.25, 0.3) is 0 Å².